The van der Waals surface area contributed by atoms with Gasteiger partial charge in [-0.2, -0.15) is 0 Å². The first-order valence-corrected chi connectivity index (χ1v) is 10.8. The molecule has 0 unspecified atom stereocenters. The molecule has 1 heterocycles. The van der Waals surface area contributed by atoms with Gasteiger partial charge in [0.25, 0.3) is 0 Å². The molecule has 1 aliphatic carbocycles. The molecule has 30 heavy (non-hydrogen) atoms. The van der Waals surface area contributed by atoms with Crippen LogP contribution in [0.3, 0.4) is 0 Å². The van der Waals surface area contributed by atoms with Crippen LogP contribution in [0.1, 0.15) is 43.5 Å². The molecule has 3 amide bonds. The number of amides is 3. The molecule has 1 N–H and O–H groups in total. The lowest BCUT2D eigenvalue weighted by molar-refractivity contribution is -0.133. The zero-order valence-corrected chi connectivity index (χ0v) is 18.8. The van der Waals surface area contributed by atoms with Crippen LogP contribution in [0, 0.1) is 19.8 Å². The minimum atomic E-state index is -0.192. The van der Waals surface area contributed by atoms with Crippen LogP contribution < -0.4 is 5.32 Å². The molecule has 6 nitrogen and oxygen atoms in total. The molecule has 6 heteroatoms. The van der Waals surface area contributed by atoms with Crippen LogP contribution in [0.15, 0.2) is 36.5 Å². The topological polar surface area (TPSA) is 57.6 Å². The van der Waals surface area contributed by atoms with E-state index in [0.29, 0.717) is 19.0 Å². The summed E-state index contributed by atoms with van der Waals surface area (Å²) in [7, 11) is 1.99. The Labute approximate surface area is 179 Å². The molecule has 0 bridgehead atoms. The van der Waals surface area contributed by atoms with Crippen LogP contribution in [-0.2, 0) is 18.4 Å². The molecular weight excluding hydrogens is 376 g/mol. The maximum absolute atomic E-state index is 13.2. The average Bonchev–Trinajstić information content (AvgIpc) is 3.45. The minimum absolute atomic E-state index is 0.00656. The molecule has 0 atom stereocenters. The SMILES string of the molecule is Cc1cccc(NC(=O)N(CC(=O)N(Cc2cccn2C)CC(C)C)C2CC2)c1C. The molecule has 1 aromatic carbocycles. The van der Waals surface area contributed by atoms with Crippen molar-refractivity contribution in [2.75, 3.05) is 18.4 Å². The van der Waals surface area contributed by atoms with E-state index in [4.69, 9.17) is 0 Å². The van der Waals surface area contributed by atoms with Gasteiger partial charge in [-0.1, -0.05) is 26.0 Å². The average molecular weight is 411 g/mol. The molecule has 1 aromatic heterocycles. The number of aryl methyl sites for hydroxylation is 2. The van der Waals surface area contributed by atoms with Crippen molar-refractivity contribution in [2.24, 2.45) is 13.0 Å². The van der Waals surface area contributed by atoms with Gasteiger partial charge < -0.3 is 19.7 Å². The van der Waals surface area contributed by atoms with Crippen molar-refractivity contribution in [3.63, 3.8) is 0 Å². The summed E-state index contributed by atoms with van der Waals surface area (Å²) in [5.74, 6) is 0.347. The maximum atomic E-state index is 13.2. The summed E-state index contributed by atoms with van der Waals surface area (Å²) in [6.07, 6.45) is 3.90. The predicted octanol–water partition coefficient (Wildman–Crippen LogP) is 4.32. The summed E-state index contributed by atoms with van der Waals surface area (Å²) in [5.41, 5.74) is 4.08. The van der Waals surface area contributed by atoms with Gasteiger partial charge in [0, 0.05) is 37.2 Å². The Kier molecular flexibility index (Phi) is 6.85. The third kappa shape index (κ3) is 5.43. The van der Waals surface area contributed by atoms with Crippen molar-refractivity contribution < 1.29 is 9.59 Å². The molecule has 3 rings (SSSR count). The van der Waals surface area contributed by atoms with E-state index in [9.17, 15) is 9.59 Å². The van der Waals surface area contributed by atoms with Crippen molar-refractivity contribution in [1.82, 2.24) is 14.4 Å². The number of nitrogens with zero attached hydrogens (tertiary/aromatic N) is 3. The maximum Gasteiger partial charge on any atom is 0.322 e. The van der Waals surface area contributed by atoms with E-state index in [1.54, 1.807) is 4.90 Å². The normalized spacial score (nSPS) is 13.4. The number of rotatable bonds is 8. The highest BCUT2D eigenvalue weighted by molar-refractivity contribution is 5.93. The monoisotopic (exact) mass is 410 g/mol. The molecule has 0 spiro atoms. The number of hydrogen-bond acceptors (Lipinski definition) is 2. The molecule has 1 aliphatic rings. The van der Waals surface area contributed by atoms with Crippen LogP contribution in [0.4, 0.5) is 10.5 Å². The second-order valence-electron chi connectivity index (χ2n) is 8.82. The number of carbonyl (C=O) groups excluding carboxylic acids is 2. The Hall–Kier alpha value is -2.76. The van der Waals surface area contributed by atoms with Gasteiger partial charge in [0.2, 0.25) is 5.91 Å². The second-order valence-corrected chi connectivity index (χ2v) is 8.82. The minimum Gasteiger partial charge on any atom is -0.353 e. The van der Waals surface area contributed by atoms with Gasteiger partial charge in [-0.3, -0.25) is 4.79 Å². The Morgan fingerprint density at radius 3 is 2.50 bits per heavy atom. The first-order valence-electron chi connectivity index (χ1n) is 10.8. The lowest BCUT2D eigenvalue weighted by Gasteiger charge is -2.29. The van der Waals surface area contributed by atoms with E-state index in [0.717, 1.165) is 35.3 Å². The first kappa shape index (κ1) is 21.9. The number of nitrogens with one attached hydrogen (secondary N) is 1. The van der Waals surface area contributed by atoms with E-state index < -0.39 is 0 Å². The van der Waals surface area contributed by atoms with Crippen molar-refractivity contribution >= 4 is 17.6 Å². The number of aromatic nitrogens is 1. The fourth-order valence-electron chi connectivity index (χ4n) is 3.62. The van der Waals surface area contributed by atoms with Gasteiger partial charge in [0.05, 0.1) is 6.54 Å². The molecule has 162 valence electrons. The lowest BCUT2D eigenvalue weighted by Crippen LogP contribution is -2.46. The Morgan fingerprint density at radius 2 is 1.90 bits per heavy atom. The molecule has 1 saturated carbocycles. The zero-order valence-electron chi connectivity index (χ0n) is 18.8. The van der Waals surface area contributed by atoms with E-state index in [2.05, 4.69) is 19.2 Å². The fourth-order valence-corrected chi connectivity index (χ4v) is 3.62. The van der Waals surface area contributed by atoms with E-state index in [1.165, 1.54) is 0 Å². The van der Waals surface area contributed by atoms with E-state index in [-0.39, 0.29) is 24.5 Å². The molecule has 2 aromatic rings. The summed E-state index contributed by atoms with van der Waals surface area (Å²) >= 11 is 0. The molecule has 1 fully saturated rings. The van der Waals surface area contributed by atoms with Gasteiger partial charge in [-0.25, -0.2) is 4.79 Å². The predicted molar refractivity (Wildman–Crippen MR) is 120 cm³/mol. The van der Waals surface area contributed by atoms with Gasteiger partial charge in [0.1, 0.15) is 6.54 Å². The van der Waals surface area contributed by atoms with E-state index >= 15 is 0 Å². The largest absolute Gasteiger partial charge is 0.353 e. The van der Waals surface area contributed by atoms with Crippen molar-refractivity contribution in [1.29, 1.82) is 0 Å². The van der Waals surface area contributed by atoms with Gasteiger partial charge >= 0.3 is 6.03 Å². The van der Waals surface area contributed by atoms with Crippen LogP contribution in [0.2, 0.25) is 0 Å². The van der Waals surface area contributed by atoms with Crippen LogP contribution >= 0.6 is 0 Å². The number of hydrogen-bond donors (Lipinski definition) is 1. The Morgan fingerprint density at radius 1 is 1.17 bits per heavy atom. The zero-order chi connectivity index (χ0) is 21.8. The molecular formula is C24H34N4O2. The lowest BCUT2D eigenvalue weighted by atomic mass is 10.1. The number of carbonyl (C=O) groups is 2. The third-order valence-electron chi connectivity index (χ3n) is 5.74. The molecule has 0 saturated heterocycles. The van der Waals surface area contributed by atoms with Crippen LogP contribution in [-0.4, -0.2) is 45.4 Å². The number of anilines is 1. The van der Waals surface area contributed by atoms with Crippen molar-refractivity contribution in [2.45, 2.75) is 53.1 Å². The van der Waals surface area contributed by atoms with Crippen molar-refractivity contribution in [3.05, 3.63) is 53.3 Å². The summed E-state index contributed by atoms with van der Waals surface area (Å²) in [5, 5.41) is 3.02. The highest BCUT2D eigenvalue weighted by Gasteiger charge is 2.35. The van der Waals surface area contributed by atoms with E-state index in [1.807, 2.05) is 66.9 Å². The third-order valence-corrected chi connectivity index (χ3v) is 5.74. The van der Waals surface area contributed by atoms with Crippen LogP contribution in [0.25, 0.3) is 0 Å². The molecule has 0 radical (unpaired) electrons. The highest BCUT2D eigenvalue weighted by atomic mass is 16.2. The first-order chi connectivity index (χ1) is 14.3. The smallest absolute Gasteiger partial charge is 0.322 e. The number of urea groups is 1. The summed E-state index contributed by atoms with van der Waals surface area (Å²) in [6.45, 7) is 9.58. The summed E-state index contributed by atoms with van der Waals surface area (Å²) in [4.78, 5) is 29.9. The van der Waals surface area contributed by atoms with Gasteiger partial charge in [-0.15, -0.1) is 0 Å². The summed E-state index contributed by atoms with van der Waals surface area (Å²) in [6, 6.07) is 9.86. The fraction of sp³-hybridized carbons (Fsp3) is 0.500. The number of benzene rings is 1. The Balaban J connectivity index is 1.72. The summed E-state index contributed by atoms with van der Waals surface area (Å²) < 4.78 is 2.03. The Bertz CT molecular complexity index is 898. The highest BCUT2D eigenvalue weighted by Crippen LogP contribution is 2.28. The van der Waals surface area contributed by atoms with Gasteiger partial charge in [0.15, 0.2) is 0 Å². The van der Waals surface area contributed by atoms with Crippen molar-refractivity contribution in [3.8, 4) is 0 Å². The molecule has 0 aliphatic heterocycles. The van der Waals surface area contributed by atoms with Crippen LogP contribution in [0.5, 0.6) is 0 Å². The quantitative estimate of drug-likeness (QED) is 0.704. The standard InChI is InChI=1S/C24H34N4O2/c1-17(2)14-27(15-21-9-7-13-26(21)5)23(29)16-28(20-11-12-20)24(30)25-22-10-6-8-18(3)19(22)4/h6-10,13,17,20H,11-12,14-16H2,1-5H3,(H,25,30). The second kappa shape index (κ2) is 9.37. The van der Waals surface area contributed by atoms with Gasteiger partial charge in [-0.05, 0) is 61.9 Å².